The van der Waals surface area contributed by atoms with Crippen molar-refractivity contribution in [1.29, 1.82) is 0 Å². The molecule has 0 fully saturated rings. The summed E-state index contributed by atoms with van der Waals surface area (Å²) in [7, 11) is 0. The fourth-order valence-corrected chi connectivity index (χ4v) is 2.05. The number of aliphatic carboxylic acids is 1. The van der Waals surface area contributed by atoms with Crippen LogP contribution in [0.2, 0.25) is 0 Å². The zero-order valence-corrected chi connectivity index (χ0v) is 14.2. The molecule has 3 atom stereocenters. The van der Waals surface area contributed by atoms with E-state index in [0.29, 0.717) is 32.2 Å². The van der Waals surface area contributed by atoms with Crippen molar-refractivity contribution in [3.05, 3.63) is 0 Å². The first-order valence-corrected chi connectivity index (χ1v) is 7.98. The average Bonchev–Trinajstić information content (AvgIpc) is 2.44. The lowest BCUT2D eigenvalue weighted by Gasteiger charge is -2.20. The summed E-state index contributed by atoms with van der Waals surface area (Å²) in [4.78, 5) is 35.0. The van der Waals surface area contributed by atoms with Gasteiger partial charge >= 0.3 is 5.97 Å². The van der Waals surface area contributed by atoms with E-state index in [1.165, 1.54) is 6.92 Å². The molecule has 0 aliphatic carbocycles. The van der Waals surface area contributed by atoms with Crippen molar-refractivity contribution in [3.8, 4) is 0 Å². The smallest absolute Gasteiger partial charge is 0.326 e. The molecule has 0 aromatic rings. The Kier molecular flexibility index (Phi) is 10.2. The van der Waals surface area contributed by atoms with Crippen LogP contribution in [-0.2, 0) is 14.4 Å². The molecule has 0 heterocycles. The van der Waals surface area contributed by atoms with Gasteiger partial charge in [0.15, 0.2) is 0 Å². The Balaban J connectivity index is 4.45. The highest BCUT2D eigenvalue weighted by Crippen LogP contribution is 2.04. The molecule has 7 N–H and O–H groups in total. The van der Waals surface area contributed by atoms with Crippen molar-refractivity contribution in [1.82, 2.24) is 10.6 Å². The molecule has 134 valence electrons. The lowest BCUT2D eigenvalue weighted by molar-refractivity contribution is -0.142. The Bertz CT molecular complexity index is 401. The molecule has 0 saturated carbocycles. The molecule has 0 unspecified atom stereocenters. The molecule has 23 heavy (non-hydrogen) atoms. The van der Waals surface area contributed by atoms with Crippen LogP contribution in [-0.4, -0.2) is 47.6 Å². The van der Waals surface area contributed by atoms with E-state index in [0.717, 1.165) is 0 Å². The number of carboxylic acids is 1. The van der Waals surface area contributed by atoms with E-state index in [1.54, 1.807) is 0 Å². The minimum atomic E-state index is -1.11. The van der Waals surface area contributed by atoms with Gasteiger partial charge in [-0.2, -0.15) is 0 Å². The quantitative estimate of drug-likeness (QED) is 0.324. The van der Waals surface area contributed by atoms with Gasteiger partial charge in [-0.1, -0.05) is 13.8 Å². The van der Waals surface area contributed by atoms with E-state index in [2.05, 4.69) is 10.6 Å². The first-order valence-electron chi connectivity index (χ1n) is 7.98. The predicted molar refractivity (Wildman–Crippen MR) is 87.5 cm³/mol. The summed E-state index contributed by atoms with van der Waals surface area (Å²) in [5.74, 6) is -1.81. The van der Waals surface area contributed by atoms with Gasteiger partial charge in [0.25, 0.3) is 0 Å². The van der Waals surface area contributed by atoms with Crippen LogP contribution in [0, 0.1) is 5.92 Å². The SMILES string of the molecule is CC(C)C[C@@H](N)C(=O)N[C@@H](C)C(=O)N[C@@H](CCCCN)C(=O)O. The second-order valence-corrected chi connectivity index (χ2v) is 6.15. The maximum absolute atomic E-state index is 12.0. The Morgan fingerprint density at radius 1 is 1.04 bits per heavy atom. The topological polar surface area (TPSA) is 148 Å². The maximum atomic E-state index is 12.0. The highest BCUT2D eigenvalue weighted by molar-refractivity contribution is 5.91. The van der Waals surface area contributed by atoms with E-state index < -0.39 is 35.9 Å². The fraction of sp³-hybridized carbons (Fsp3) is 0.800. The number of unbranched alkanes of at least 4 members (excludes halogenated alkanes) is 1. The van der Waals surface area contributed by atoms with Gasteiger partial charge in [-0.15, -0.1) is 0 Å². The summed E-state index contributed by atoms with van der Waals surface area (Å²) in [5, 5.41) is 14.1. The zero-order chi connectivity index (χ0) is 18.0. The Labute approximate surface area is 137 Å². The van der Waals surface area contributed by atoms with Crippen LogP contribution in [0.1, 0.15) is 46.5 Å². The predicted octanol–water partition coefficient (Wildman–Crippen LogP) is -0.437. The van der Waals surface area contributed by atoms with E-state index >= 15 is 0 Å². The van der Waals surface area contributed by atoms with Gasteiger partial charge in [0.1, 0.15) is 12.1 Å². The number of carbonyl (C=O) groups is 3. The van der Waals surface area contributed by atoms with Gasteiger partial charge in [0.2, 0.25) is 11.8 Å². The Morgan fingerprint density at radius 2 is 1.65 bits per heavy atom. The number of hydrogen-bond donors (Lipinski definition) is 5. The molecule has 0 rings (SSSR count). The first kappa shape index (κ1) is 21.3. The number of nitrogens with two attached hydrogens (primary N) is 2. The largest absolute Gasteiger partial charge is 0.480 e. The van der Waals surface area contributed by atoms with Gasteiger partial charge < -0.3 is 27.2 Å². The van der Waals surface area contributed by atoms with Crippen LogP contribution in [0.25, 0.3) is 0 Å². The minimum absolute atomic E-state index is 0.263. The van der Waals surface area contributed by atoms with E-state index in [1.807, 2.05) is 13.8 Å². The van der Waals surface area contributed by atoms with E-state index in [9.17, 15) is 14.4 Å². The molecule has 8 nitrogen and oxygen atoms in total. The third kappa shape index (κ3) is 9.14. The third-order valence-corrected chi connectivity index (χ3v) is 3.38. The van der Waals surface area contributed by atoms with Gasteiger partial charge in [0, 0.05) is 0 Å². The van der Waals surface area contributed by atoms with Crippen molar-refractivity contribution in [2.24, 2.45) is 17.4 Å². The summed E-state index contributed by atoms with van der Waals surface area (Å²) < 4.78 is 0. The van der Waals surface area contributed by atoms with Crippen LogP contribution >= 0.6 is 0 Å². The second-order valence-electron chi connectivity index (χ2n) is 6.15. The van der Waals surface area contributed by atoms with Crippen LogP contribution in [0.15, 0.2) is 0 Å². The minimum Gasteiger partial charge on any atom is -0.480 e. The molecule has 0 radical (unpaired) electrons. The first-order chi connectivity index (χ1) is 10.7. The number of hydrogen-bond acceptors (Lipinski definition) is 5. The Hall–Kier alpha value is -1.67. The van der Waals surface area contributed by atoms with Gasteiger partial charge in [-0.05, 0) is 45.1 Å². The van der Waals surface area contributed by atoms with Crippen molar-refractivity contribution in [2.45, 2.75) is 64.6 Å². The maximum Gasteiger partial charge on any atom is 0.326 e. The lowest BCUT2D eigenvalue weighted by Crippen LogP contribution is -2.53. The third-order valence-electron chi connectivity index (χ3n) is 3.38. The highest BCUT2D eigenvalue weighted by atomic mass is 16.4. The normalized spacial score (nSPS) is 14.9. The average molecular weight is 330 g/mol. The van der Waals surface area contributed by atoms with E-state index in [-0.39, 0.29) is 5.92 Å². The molecular weight excluding hydrogens is 300 g/mol. The lowest BCUT2D eigenvalue weighted by atomic mass is 10.0. The number of nitrogens with one attached hydrogen (secondary N) is 2. The number of carboxylic acid groups (broad SMARTS) is 1. The number of carbonyl (C=O) groups excluding carboxylic acids is 2. The molecule has 2 amide bonds. The molecule has 0 bridgehead atoms. The van der Waals surface area contributed by atoms with Gasteiger partial charge in [-0.3, -0.25) is 9.59 Å². The van der Waals surface area contributed by atoms with Crippen LogP contribution in [0.5, 0.6) is 0 Å². The van der Waals surface area contributed by atoms with Crippen molar-refractivity contribution >= 4 is 17.8 Å². The molecule has 0 aromatic heterocycles. The molecule has 0 saturated heterocycles. The molecule has 8 heteroatoms. The monoisotopic (exact) mass is 330 g/mol. The Morgan fingerprint density at radius 3 is 2.13 bits per heavy atom. The van der Waals surface area contributed by atoms with Crippen molar-refractivity contribution in [3.63, 3.8) is 0 Å². The zero-order valence-electron chi connectivity index (χ0n) is 14.2. The van der Waals surface area contributed by atoms with Gasteiger partial charge in [-0.25, -0.2) is 4.79 Å². The summed E-state index contributed by atoms with van der Waals surface area (Å²) >= 11 is 0. The van der Waals surface area contributed by atoms with Crippen molar-refractivity contribution in [2.75, 3.05) is 6.54 Å². The number of amides is 2. The van der Waals surface area contributed by atoms with E-state index in [4.69, 9.17) is 16.6 Å². The highest BCUT2D eigenvalue weighted by Gasteiger charge is 2.25. The van der Waals surface area contributed by atoms with Gasteiger partial charge in [0.05, 0.1) is 6.04 Å². The summed E-state index contributed by atoms with van der Waals surface area (Å²) in [6.45, 7) is 5.86. The van der Waals surface area contributed by atoms with Crippen LogP contribution < -0.4 is 22.1 Å². The van der Waals surface area contributed by atoms with Crippen LogP contribution in [0.4, 0.5) is 0 Å². The molecule has 0 aliphatic rings. The standard InChI is InChI=1S/C15H30N4O4/c1-9(2)8-11(17)14(21)18-10(3)13(20)19-12(15(22)23)6-4-5-7-16/h9-12H,4-8,16-17H2,1-3H3,(H,18,21)(H,19,20)(H,22,23)/t10-,11+,12-/m0/s1. The molecule has 0 aromatic carbocycles. The summed E-state index contributed by atoms with van der Waals surface area (Å²) in [6, 6.07) is -2.53. The molecule has 0 aliphatic heterocycles. The van der Waals surface area contributed by atoms with Crippen LogP contribution in [0.3, 0.4) is 0 Å². The van der Waals surface area contributed by atoms with Crippen molar-refractivity contribution < 1.29 is 19.5 Å². The molecular formula is C15H30N4O4. The summed E-state index contributed by atoms with van der Waals surface area (Å²) in [6.07, 6.45) is 2.10. The second kappa shape index (κ2) is 11.0. The molecule has 0 spiro atoms. The fourth-order valence-electron chi connectivity index (χ4n) is 2.05. The number of rotatable bonds is 11. The summed E-state index contributed by atoms with van der Waals surface area (Å²) in [5.41, 5.74) is 11.1.